The SMILES string of the molecule is OCc1c(Cl)c2ccccc2c2oc3ccccc3c12. The normalized spacial score (nSPS) is 11.7. The molecule has 0 aliphatic carbocycles. The van der Waals surface area contributed by atoms with E-state index in [2.05, 4.69) is 0 Å². The third-order valence-corrected chi connectivity index (χ3v) is 4.16. The topological polar surface area (TPSA) is 33.4 Å². The number of hydrogen-bond acceptors (Lipinski definition) is 2. The lowest BCUT2D eigenvalue weighted by Gasteiger charge is -2.07. The number of benzene rings is 3. The van der Waals surface area contributed by atoms with Gasteiger partial charge >= 0.3 is 0 Å². The zero-order chi connectivity index (χ0) is 13.7. The van der Waals surface area contributed by atoms with Crippen molar-refractivity contribution in [3.63, 3.8) is 0 Å². The molecule has 0 aliphatic heterocycles. The fourth-order valence-corrected chi connectivity index (χ4v) is 3.15. The summed E-state index contributed by atoms with van der Waals surface area (Å²) in [7, 11) is 0. The standard InChI is InChI=1S/C17H11ClO2/c18-16-10-5-1-2-6-11(10)17-15(13(16)9-19)12-7-3-4-8-14(12)20-17/h1-8,19H,9H2. The Bertz CT molecular complexity index is 953. The van der Waals surface area contributed by atoms with Crippen molar-refractivity contribution < 1.29 is 9.52 Å². The molecule has 0 saturated heterocycles. The molecule has 0 radical (unpaired) electrons. The first-order valence-corrected chi connectivity index (χ1v) is 6.80. The molecule has 1 N–H and O–H groups in total. The van der Waals surface area contributed by atoms with Gasteiger partial charge in [0, 0.05) is 27.1 Å². The smallest absolute Gasteiger partial charge is 0.143 e. The Kier molecular flexibility index (Phi) is 2.49. The molecule has 0 atom stereocenters. The lowest BCUT2D eigenvalue weighted by atomic mass is 10.0. The second-order valence-electron chi connectivity index (χ2n) is 4.80. The molecular formula is C17H11ClO2. The maximum Gasteiger partial charge on any atom is 0.143 e. The summed E-state index contributed by atoms with van der Waals surface area (Å²) >= 11 is 6.48. The fourth-order valence-electron chi connectivity index (χ4n) is 2.83. The second kappa shape index (κ2) is 4.23. The first-order chi connectivity index (χ1) is 9.81. The predicted octanol–water partition coefficient (Wildman–Crippen LogP) is 4.88. The molecule has 0 fully saturated rings. The zero-order valence-corrected chi connectivity index (χ0v) is 11.3. The number of rotatable bonds is 1. The maximum atomic E-state index is 9.73. The van der Waals surface area contributed by atoms with Crippen LogP contribution in [-0.2, 0) is 6.61 Å². The Morgan fingerprint density at radius 2 is 1.55 bits per heavy atom. The predicted molar refractivity (Wildman–Crippen MR) is 82.2 cm³/mol. The van der Waals surface area contributed by atoms with Gasteiger partial charge in [0.25, 0.3) is 0 Å². The van der Waals surface area contributed by atoms with Crippen LogP contribution >= 0.6 is 11.6 Å². The molecule has 98 valence electrons. The molecule has 0 aliphatic rings. The van der Waals surface area contributed by atoms with Crippen LogP contribution in [0.5, 0.6) is 0 Å². The third-order valence-electron chi connectivity index (χ3n) is 3.73. The molecule has 0 bridgehead atoms. The van der Waals surface area contributed by atoms with Gasteiger partial charge in [-0.2, -0.15) is 0 Å². The van der Waals surface area contributed by atoms with Crippen molar-refractivity contribution in [2.75, 3.05) is 0 Å². The number of para-hydroxylation sites is 1. The van der Waals surface area contributed by atoms with Crippen LogP contribution in [0, 0.1) is 0 Å². The average Bonchev–Trinajstić information content (AvgIpc) is 2.88. The summed E-state index contributed by atoms with van der Waals surface area (Å²) in [6.07, 6.45) is 0. The van der Waals surface area contributed by atoms with E-state index in [1.807, 2.05) is 48.5 Å². The summed E-state index contributed by atoms with van der Waals surface area (Å²) < 4.78 is 5.99. The van der Waals surface area contributed by atoms with Crippen LogP contribution in [0.1, 0.15) is 5.56 Å². The summed E-state index contributed by atoms with van der Waals surface area (Å²) in [5.74, 6) is 0. The highest BCUT2D eigenvalue weighted by atomic mass is 35.5. The van der Waals surface area contributed by atoms with E-state index in [0.29, 0.717) is 5.02 Å². The van der Waals surface area contributed by atoms with Crippen molar-refractivity contribution in [3.05, 3.63) is 59.1 Å². The Morgan fingerprint density at radius 1 is 0.900 bits per heavy atom. The van der Waals surface area contributed by atoms with Crippen LogP contribution in [-0.4, -0.2) is 5.11 Å². The van der Waals surface area contributed by atoms with Gasteiger partial charge in [-0.1, -0.05) is 54.1 Å². The molecule has 0 unspecified atom stereocenters. The number of halogens is 1. The minimum absolute atomic E-state index is 0.107. The van der Waals surface area contributed by atoms with Gasteiger partial charge in [0.1, 0.15) is 11.2 Å². The van der Waals surface area contributed by atoms with Crippen molar-refractivity contribution in [2.24, 2.45) is 0 Å². The molecule has 20 heavy (non-hydrogen) atoms. The lowest BCUT2D eigenvalue weighted by molar-refractivity contribution is 0.283. The monoisotopic (exact) mass is 282 g/mol. The summed E-state index contributed by atoms with van der Waals surface area (Å²) in [4.78, 5) is 0. The van der Waals surface area contributed by atoms with E-state index in [-0.39, 0.29) is 6.61 Å². The van der Waals surface area contributed by atoms with E-state index in [1.54, 1.807) is 0 Å². The van der Waals surface area contributed by atoms with E-state index in [4.69, 9.17) is 16.0 Å². The number of furan rings is 1. The number of fused-ring (bicyclic) bond motifs is 5. The van der Waals surface area contributed by atoms with Crippen molar-refractivity contribution in [3.8, 4) is 0 Å². The first-order valence-electron chi connectivity index (χ1n) is 6.42. The summed E-state index contributed by atoms with van der Waals surface area (Å²) in [6, 6.07) is 15.7. The van der Waals surface area contributed by atoms with Gasteiger partial charge in [-0.15, -0.1) is 0 Å². The number of aliphatic hydroxyl groups is 1. The summed E-state index contributed by atoms with van der Waals surface area (Å²) in [6.45, 7) is -0.107. The molecule has 3 heteroatoms. The van der Waals surface area contributed by atoms with Gasteiger partial charge in [0.15, 0.2) is 0 Å². The van der Waals surface area contributed by atoms with Crippen molar-refractivity contribution in [2.45, 2.75) is 6.61 Å². The van der Waals surface area contributed by atoms with Gasteiger partial charge in [0.05, 0.1) is 11.6 Å². The highest BCUT2D eigenvalue weighted by Gasteiger charge is 2.17. The molecule has 3 aromatic carbocycles. The van der Waals surface area contributed by atoms with Crippen LogP contribution in [0.25, 0.3) is 32.7 Å². The third kappa shape index (κ3) is 1.43. The van der Waals surface area contributed by atoms with Gasteiger partial charge in [0.2, 0.25) is 0 Å². The summed E-state index contributed by atoms with van der Waals surface area (Å²) in [5.41, 5.74) is 2.32. The molecule has 1 heterocycles. The second-order valence-corrected chi connectivity index (χ2v) is 5.18. The molecule has 1 aromatic heterocycles. The molecular weight excluding hydrogens is 272 g/mol. The van der Waals surface area contributed by atoms with Gasteiger partial charge in [-0.3, -0.25) is 0 Å². The molecule has 0 spiro atoms. The molecule has 4 aromatic rings. The van der Waals surface area contributed by atoms with E-state index >= 15 is 0 Å². The molecule has 2 nitrogen and oxygen atoms in total. The van der Waals surface area contributed by atoms with E-state index in [9.17, 15) is 5.11 Å². The van der Waals surface area contributed by atoms with E-state index < -0.39 is 0 Å². The van der Waals surface area contributed by atoms with Gasteiger partial charge in [-0.25, -0.2) is 0 Å². The van der Waals surface area contributed by atoms with Gasteiger partial charge in [-0.05, 0) is 6.07 Å². The van der Waals surface area contributed by atoms with Crippen LogP contribution in [0.15, 0.2) is 52.9 Å². The molecule has 0 saturated carbocycles. The highest BCUT2D eigenvalue weighted by Crippen LogP contribution is 2.41. The highest BCUT2D eigenvalue weighted by molar-refractivity contribution is 6.39. The van der Waals surface area contributed by atoms with Crippen LogP contribution in [0.3, 0.4) is 0 Å². The Labute approximate surface area is 120 Å². The molecule has 4 rings (SSSR count). The number of hydrogen-bond donors (Lipinski definition) is 1. The lowest BCUT2D eigenvalue weighted by Crippen LogP contribution is -1.89. The maximum absolute atomic E-state index is 9.73. The van der Waals surface area contributed by atoms with Crippen molar-refractivity contribution in [1.82, 2.24) is 0 Å². The van der Waals surface area contributed by atoms with Crippen LogP contribution in [0.2, 0.25) is 5.02 Å². The van der Waals surface area contributed by atoms with Gasteiger partial charge < -0.3 is 9.52 Å². The van der Waals surface area contributed by atoms with Crippen LogP contribution < -0.4 is 0 Å². The quantitative estimate of drug-likeness (QED) is 0.539. The minimum Gasteiger partial charge on any atom is -0.455 e. The van der Waals surface area contributed by atoms with Crippen LogP contribution in [0.4, 0.5) is 0 Å². The Morgan fingerprint density at radius 3 is 2.30 bits per heavy atom. The van der Waals surface area contributed by atoms with E-state index in [1.165, 1.54) is 0 Å². The Hall–Kier alpha value is -2.03. The largest absolute Gasteiger partial charge is 0.455 e. The Balaban J connectivity index is 2.39. The number of aliphatic hydroxyl groups excluding tert-OH is 1. The first kappa shape index (κ1) is 11.8. The summed E-state index contributed by atoms with van der Waals surface area (Å²) in [5, 5.41) is 14.1. The van der Waals surface area contributed by atoms with Crippen molar-refractivity contribution >= 4 is 44.3 Å². The zero-order valence-electron chi connectivity index (χ0n) is 10.6. The fraction of sp³-hybridized carbons (Fsp3) is 0.0588. The average molecular weight is 283 g/mol. The van der Waals surface area contributed by atoms with Crippen molar-refractivity contribution in [1.29, 1.82) is 0 Å². The van der Waals surface area contributed by atoms with E-state index in [0.717, 1.165) is 38.3 Å². The minimum atomic E-state index is -0.107. The molecule has 0 amide bonds.